The Labute approximate surface area is 125 Å². The van der Waals surface area contributed by atoms with Gasteiger partial charge in [0, 0.05) is 41.9 Å². The Kier molecular flexibility index (Phi) is 4.87. The van der Waals surface area contributed by atoms with Crippen LogP contribution in [0.15, 0.2) is 22.7 Å². The van der Waals surface area contributed by atoms with Crippen LogP contribution in [0.25, 0.3) is 0 Å². The van der Waals surface area contributed by atoms with Gasteiger partial charge in [0.25, 0.3) is 0 Å². The molecular formula is C15H24BrN3. The number of nitrogens with zero attached hydrogens (tertiary/aromatic N) is 2. The summed E-state index contributed by atoms with van der Waals surface area (Å²) < 4.78 is 1.19. The fourth-order valence-electron chi connectivity index (χ4n) is 2.72. The summed E-state index contributed by atoms with van der Waals surface area (Å²) in [5.74, 6) is 0. The fourth-order valence-corrected chi connectivity index (χ4v) is 3.09. The van der Waals surface area contributed by atoms with Crippen LogP contribution in [-0.2, 0) is 0 Å². The van der Waals surface area contributed by atoms with E-state index in [1.807, 2.05) is 0 Å². The second-order valence-corrected chi connectivity index (χ2v) is 6.72. The lowest BCUT2D eigenvalue weighted by Crippen LogP contribution is -2.58. The van der Waals surface area contributed by atoms with E-state index in [1.54, 1.807) is 0 Å². The lowest BCUT2D eigenvalue weighted by molar-refractivity contribution is 0.297. The molecule has 1 saturated heterocycles. The molecule has 0 bridgehead atoms. The van der Waals surface area contributed by atoms with Gasteiger partial charge in [-0.05, 0) is 45.6 Å². The van der Waals surface area contributed by atoms with Gasteiger partial charge in [-0.2, -0.15) is 0 Å². The van der Waals surface area contributed by atoms with Gasteiger partial charge < -0.3 is 15.1 Å². The molecule has 1 aliphatic heterocycles. The van der Waals surface area contributed by atoms with Gasteiger partial charge >= 0.3 is 0 Å². The van der Waals surface area contributed by atoms with Crippen molar-refractivity contribution >= 4 is 21.6 Å². The van der Waals surface area contributed by atoms with Gasteiger partial charge in [0.1, 0.15) is 0 Å². The van der Waals surface area contributed by atoms with Gasteiger partial charge in [0.05, 0.1) is 0 Å². The first-order valence-electron chi connectivity index (χ1n) is 6.87. The minimum atomic E-state index is 0.527. The van der Waals surface area contributed by atoms with Crippen LogP contribution in [0.2, 0.25) is 0 Å². The van der Waals surface area contributed by atoms with Crippen LogP contribution in [-0.4, -0.2) is 50.7 Å². The van der Waals surface area contributed by atoms with E-state index in [9.17, 15) is 0 Å². The second-order valence-electron chi connectivity index (χ2n) is 5.87. The van der Waals surface area contributed by atoms with Crippen LogP contribution < -0.4 is 10.2 Å². The Morgan fingerprint density at radius 3 is 2.74 bits per heavy atom. The molecule has 2 atom stereocenters. The molecule has 0 radical (unpaired) electrons. The third-order valence-electron chi connectivity index (χ3n) is 3.56. The van der Waals surface area contributed by atoms with Crippen molar-refractivity contribution in [1.82, 2.24) is 10.2 Å². The van der Waals surface area contributed by atoms with Crippen LogP contribution in [0.1, 0.15) is 12.5 Å². The van der Waals surface area contributed by atoms with Crippen molar-refractivity contribution in [2.24, 2.45) is 0 Å². The van der Waals surface area contributed by atoms with Crippen molar-refractivity contribution < 1.29 is 0 Å². The highest BCUT2D eigenvalue weighted by atomic mass is 79.9. The van der Waals surface area contributed by atoms with Crippen LogP contribution in [0, 0.1) is 6.92 Å². The summed E-state index contributed by atoms with van der Waals surface area (Å²) in [5.41, 5.74) is 2.60. The van der Waals surface area contributed by atoms with Crippen LogP contribution >= 0.6 is 15.9 Å². The van der Waals surface area contributed by atoms with Gasteiger partial charge in [-0.3, -0.25) is 0 Å². The molecular weight excluding hydrogens is 302 g/mol. The van der Waals surface area contributed by atoms with Crippen molar-refractivity contribution in [3.8, 4) is 0 Å². The van der Waals surface area contributed by atoms with Gasteiger partial charge in [-0.15, -0.1) is 0 Å². The number of likely N-dealkylation sites (N-methyl/N-ethyl adjacent to an activating group) is 1. The summed E-state index contributed by atoms with van der Waals surface area (Å²) in [7, 11) is 4.27. The monoisotopic (exact) mass is 325 g/mol. The Balaban J connectivity index is 2.12. The molecule has 3 nitrogen and oxygen atoms in total. The number of halogens is 1. The molecule has 1 N–H and O–H groups in total. The summed E-state index contributed by atoms with van der Waals surface area (Å²) in [4.78, 5) is 4.73. The molecule has 106 valence electrons. The summed E-state index contributed by atoms with van der Waals surface area (Å²) >= 11 is 3.63. The average molecular weight is 326 g/mol. The van der Waals surface area contributed by atoms with Crippen molar-refractivity contribution in [3.63, 3.8) is 0 Å². The van der Waals surface area contributed by atoms with E-state index in [2.05, 4.69) is 77.2 Å². The summed E-state index contributed by atoms with van der Waals surface area (Å²) in [6.07, 6.45) is 0. The third-order valence-corrected chi connectivity index (χ3v) is 4.42. The van der Waals surface area contributed by atoms with Gasteiger partial charge in [0.2, 0.25) is 0 Å². The maximum absolute atomic E-state index is 3.68. The fraction of sp³-hybridized carbons (Fsp3) is 0.600. The number of hydrogen-bond donors (Lipinski definition) is 1. The van der Waals surface area contributed by atoms with E-state index in [1.165, 1.54) is 15.7 Å². The first-order valence-corrected chi connectivity index (χ1v) is 7.67. The smallest absolute Gasteiger partial charge is 0.0378 e. The molecule has 1 fully saturated rings. The van der Waals surface area contributed by atoms with Gasteiger partial charge in [0.15, 0.2) is 0 Å². The molecule has 0 saturated carbocycles. The normalized spacial score (nSPS) is 24.0. The molecule has 0 aromatic heterocycles. The highest BCUT2D eigenvalue weighted by molar-refractivity contribution is 9.10. The van der Waals surface area contributed by atoms with Gasteiger partial charge in [-0.25, -0.2) is 0 Å². The van der Waals surface area contributed by atoms with E-state index in [-0.39, 0.29) is 0 Å². The number of hydrogen-bond acceptors (Lipinski definition) is 3. The predicted molar refractivity (Wildman–Crippen MR) is 86.0 cm³/mol. The quantitative estimate of drug-likeness (QED) is 0.921. The molecule has 0 aliphatic carbocycles. The number of anilines is 1. The molecule has 0 spiro atoms. The lowest BCUT2D eigenvalue weighted by Gasteiger charge is -2.40. The molecule has 2 unspecified atom stereocenters. The minimum absolute atomic E-state index is 0.527. The van der Waals surface area contributed by atoms with Crippen molar-refractivity contribution in [2.75, 3.05) is 38.6 Å². The van der Waals surface area contributed by atoms with E-state index < -0.39 is 0 Å². The number of benzene rings is 1. The molecule has 0 amide bonds. The molecule has 2 rings (SSSR count). The molecule has 19 heavy (non-hydrogen) atoms. The predicted octanol–water partition coefficient (Wildman–Crippen LogP) is 2.49. The van der Waals surface area contributed by atoms with Crippen molar-refractivity contribution in [2.45, 2.75) is 25.9 Å². The highest BCUT2D eigenvalue weighted by Crippen LogP contribution is 2.25. The Hall–Kier alpha value is -0.580. The maximum atomic E-state index is 3.68. The first kappa shape index (κ1) is 14.8. The molecule has 1 aromatic carbocycles. The maximum Gasteiger partial charge on any atom is 0.0378 e. The number of piperazine rings is 1. The zero-order valence-corrected chi connectivity index (χ0v) is 13.9. The zero-order chi connectivity index (χ0) is 14.0. The van der Waals surface area contributed by atoms with Crippen molar-refractivity contribution in [1.29, 1.82) is 0 Å². The van der Waals surface area contributed by atoms with E-state index in [0.29, 0.717) is 12.1 Å². The zero-order valence-electron chi connectivity index (χ0n) is 12.3. The number of nitrogens with one attached hydrogen (secondary N) is 1. The minimum Gasteiger partial charge on any atom is -0.368 e. The second kappa shape index (κ2) is 6.25. The highest BCUT2D eigenvalue weighted by Gasteiger charge is 2.24. The van der Waals surface area contributed by atoms with Crippen LogP contribution in [0.4, 0.5) is 5.69 Å². The van der Waals surface area contributed by atoms with E-state index >= 15 is 0 Å². The lowest BCUT2D eigenvalue weighted by atomic mass is 10.1. The molecule has 4 heteroatoms. The van der Waals surface area contributed by atoms with E-state index in [0.717, 1.165) is 19.6 Å². The molecule has 1 aromatic rings. The largest absolute Gasteiger partial charge is 0.368 e. The summed E-state index contributed by atoms with van der Waals surface area (Å²) in [5, 5.41) is 3.68. The van der Waals surface area contributed by atoms with Crippen molar-refractivity contribution in [3.05, 3.63) is 28.2 Å². The average Bonchev–Trinajstić information content (AvgIpc) is 2.31. The van der Waals surface area contributed by atoms with E-state index in [4.69, 9.17) is 0 Å². The topological polar surface area (TPSA) is 18.5 Å². The standard InChI is InChI=1S/C15H24BrN3/c1-11-5-6-14(7-15(11)16)19-8-12(2)17-13(10-19)9-18(3)4/h5-7,12-13,17H,8-10H2,1-4H3. The Bertz CT molecular complexity index is 431. The summed E-state index contributed by atoms with van der Waals surface area (Å²) in [6.45, 7) is 7.60. The SMILES string of the molecule is Cc1ccc(N2CC(C)NC(CN(C)C)C2)cc1Br. The number of rotatable bonds is 3. The molecule has 1 aliphatic rings. The molecule has 1 heterocycles. The third kappa shape index (κ3) is 3.94. The van der Waals surface area contributed by atoms with Crippen LogP contribution in [0.5, 0.6) is 0 Å². The Morgan fingerprint density at radius 1 is 1.37 bits per heavy atom. The first-order chi connectivity index (χ1) is 8.95. The number of aryl methyl sites for hydroxylation is 1. The van der Waals surface area contributed by atoms with Crippen LogP contribution in [0.3, 0.4) is 0 Å². The summed E-state index contributed by atoms with van der Waals surface area (Å²) in [6, 6.07) is 7.70. The van der Waals surface area contributed by atoms with Gasteiger partial charge in [-0.1, -0.05) is 22.0 Å². The Morgan fingerprint density at radius 2 is 2.11 bits per heavy atom.